The summed E-state index contributed by atoms with van der Waals surface area (Å²) < 4.78 is 0. The van der Waals surface area contributed by atoms with Crippen LogP contribution in [0, 0.1) is 0 Å². The van der Waals surface area contributed by atoms with E-state index >= 15 is 0 Å². The minimum Gasteiger partial charge on any atom is -0.386 e. The third-order valence-electron chi connectivity index (χ3n) is 1.75. The molecule has 4 nitrogen and oxygen atoms in total. The Morgan fingerprint density at radius 2 is 2.54 bits per heavy atom. The molecule has 2 heterocycles. The third-order valence-corrected chi connectivity index (χ3v) is 2.65. The molecule has 2 aromatic rings. The zero-order valence-corrected chi connectivity index (χ0v) is 7.66. The Morgan fingerprint density at radius 1 is 1.62 bits per heavy atom. The van der Waals surface area contributed by atoms with Crippen LogP contribution in [0.2, 0.25) is 0 Å². The van der Waals surface area contributed by atoms with E-state index in [-0.39, 0.29) is 0 Å². The van der Waals surface area contributed by atoms with Gasteiger partial charge in [-0.3, -0.25) is 0 Å². The van der Waals surface area contributed by atoms with Crippen LogP contribution in [-0.4, -0.2) is 20.5 Å². The maximum Gasteiger partial charge on any atom is 0.111 e. The Kier molecular flexibility index (Phi) is 2.37. The number of aromatic amines is 1. The van der Waals surface area contributed by atoms with Crippen molar-refractivity contribution in [1.82, 2.24) is 15.4 Å². The summed E-state index contributed by atoms with van der Waals surface area (Å²) in [5.41, 5.74) is 0.591. The van der Waals surface area contributed by atoms with E-state index in [9.17, 15) is 5.11 Å². The number of hydrogen-bond acceptors (Lipinski definition) is 4. The van der Waals surface area contributed by atoms with Crippen LogP contribution in [0.4, 0.5) is 0 Å². The van der Waals surface area contributed by atoms with Crippen LogP contribution in [0.1, 0.15) is 16.7 Å². The van der Waals surface area contributed by atoms with Gasteiger partial charge in [0.2, 0.25) is 0 Å². The van der Waals surface area contributed by atoms with Crippen LogP contribution in [0.5, 0.6) is 0 Å². The third kappa shape index (κ3) is 1.93. The molecular weight excluding hydrogens is 186 g/mol. The van der Waals surface area contributed by atoms with Gasteiger partial charge in [-0.2, -0.15) is 15.4 Å². The highest BCUT2D eigenvalue weighted by Gasteiger charge is 2.11. The first-order valence-electron chi connectivity index (χ1n) is 3.92. The minimum absolute atomic E-state index is 0.558. The fourth-order valence-electron chi connectivity index (χ4n) is 1.09. The van der Waals surface area contributed by atoms with Crippen LogP contribution in [-0.2, 0) is 6.42 Å². The standard InChI is InChI=1S/C8H9N3OS/c12-8(7-5-9-11-10-7)4-6-2-1-3-13-6/h1-3,5,8,12H,4H2,(H,9,10,11). The summed E-state index contributed by atoms with van der Waals surface area (Å²) in [5.74, 6) is 0. The monoisotopic (exact) mass is 195 g/mol. The second kappa shape index (κ2) is 3.68. The molecule has 0 aliphatic rings. The molecule has 0 aliphatic carbocycles. The van der Waals surface area contributed by atoms with Crippen LogP contribution < -0.4 is 0 Å². The summed E-state index contributed by atoms with van der Waals surface area (Å²) in [6.07, 6.45) is 1.58. The number of aliphatic hydroxyl groups excluding tert-OH is 1. The molecule has 2 aromatic heterocycles. The molecule has 68 valence electrons. The van der Waals surface area contributed by atoms with Crippen molar-refractivity contribution >= 4 is 11.3 Å². The minimum atomic E-state index is -0.558. The fraction of sp³-hybridized carbons (Fsp3) is 0.250. The Labute approximate surface area is 79.2 Å². The maximum atomic E-state index is 9.67. The lowest BCUT2D eigenvalue weighted by Crippen LogP contribution is -2.00. The number of aromatic nitrogens is 3. The van der Waals surface area contributed by atoms with Crippen molar-refractivity contribution in [3.8, 4) is 0 Å². The number of nitrogens with zero attached hydrogens (tertiary/aromatic N) is 2. The van der Waals surface area contributed by atoms with E-state index in [0.29, 0.717) is 12.1 Å². The molecule has 2 N–H and O–H groups in total. The quantitative estimate of drug-likeness (QED) is 0.772. The molecule has 0 aliphatic heterocycles. The summed E-state index contributed by atoms with van der Waals surface area (Å²) in [7, 11) is 0. The lowest BCUT2D eigenvalue weighted by molar-refractivity contribution is 0.174. The van der Waals surface area contributed by atoms with E-state index in [4.69, 9.17) is 0 Å². The molecule has 0 saturated heterocycles. The van der Waals surface area contributed by atoms with Gasteiger partial charge in [0.25, 0.3) is 0 Å². The van der Waals surface area contributed by atoms with Gasteiger partial charge >= 0.3 is 0 Å². The molecule has 0 aromatic carbocycles. The van der Waals surface area contributed by atoms with Gasteiger partial charge in [-0.1, -0.05) is 6.07 Å². The van der Waals surface area contributed by atoms with Crippen molar-refractivity contribution in [3.05, 3.63) is 34.3 Å². The van der Waals surface area contributed by atoms with E-state index < -0.39 is 6.10 Å². The summed E-state index contributed by atoms with van der Waals surface area (Å²) >= 11 is 1.63. The van der Waals surface area contributed by atoms with Gasteiger partial charge in [0.15, 0.2) is 0 Å². The van der Waals surface area contributed by atoms with Gasteiger partial charge < -0.3 is 5.11 Å². The molecule has 1 unspecified atom stereocenters. The van der Waals surface area contributed by atoms with Crippen molar-refractivity contribution in [2.75, 3.05) is 0 Å². The van der Waals surface area contributed by atoms with Crippen molar-refractivity contribution in [1.29, 1.82) is 0 Å². The van der Waals surface area contributed by atoms with E-state index in [1.165, 1.54) is 6.20 Å². The molecule has 1 atom stereocenters. The largest absolute Gasteiger partial charge is 0.386 e. The van der Waals surface area contributed by atoms with Crippen molar-refractivity contribution < 1.29 is 5.11 Å². The molecule has 0 radical (unpaired) electrons. The van der Waals surface area contributed by atoms with Crippen LogP contribution >= 0.6 is 11.3 Å². The highest BCUT2D eigenvalue weighted by atomic mass is 32.1. The van der Waals surface area contributed by atoms with Crippen LogP contribution in [0.15, 0.2) is 23.7 Å². The lowest BCUT2D eigenvalue weighted by atomic mass is 10.2. The smallest absolute Gasteiger partial charge is 0.111 e. The highest BCUT2D eigenvalue weighted by molar-refractivity contribution is 7.09. The Morgan fingerprint density at radius 3 is 3.15 bits per heavy atom. The summed E-state index contributed by atoms with van der Waals surface area (Å²) in [6.45, 7) is 0. The molecular formula is C8H9N3OS. The first kappa shape index (κ1) is 8.40. The fourth-order valence-corrected chi connectivity index (χ4v) is 1.84. The SMILES string of the molecule is OC(Cc1cccs1)c1cn[nH]n1. The molecule has 5 heteroatoms. The Hall–Kier alpha value is -1.20. The average molecular weight is 195 g/mol. The van der Waals surface area contributed by atoms with Crippen molar-refractivity contribution in [2.24, 2.45) is 0 Å². The number of rotatable bonds is 3. The maximum absolute atomic E-state index is 9.67. The lowest BCUT2D eigenvalue weighted by Gasteiger charge is -2.03. The summed E-state index contributed by atoms with van der Waals surface area (Å²) in [5, 5.41) is 21.6. The number of thiophene rings is 1. The van der Waals surface area contributed by atoms with E-state index in [2.05, 4.69) is 15.4 Å². The zero-order valence-electron chi connectivity index (χ0n) is 6.84. The first-order valence-corrected chi connectivity index (χ1v) is 4.80. The average Bonchev–Trinajstić information content (AvgIpc) is 2.74. The Balaban J connectivity index is 2.04. The first-order chi connectivity index (χ1) is 6.36. The van der Waals surface area contributed by atoms with Crippen LogP contribution in [0.3, 0.4) is 0 Å². The topological polar surface area (TPSA) is 61.8 Å². The van der Waals surface area contributed by atoms with Gasteiger partial charge in [0.05, 0.1) is 6.20 Å². The second-order valence-electron chi connectivity index (χ2n) is 2.69. The normalized spacial score (nSPS) is 13.0. The number of H-pyrrole nitrogens is 1. The van der Waals surface area contributed by atoms with E-state index in [0.717, 1.165) is 4.88 Å². The second-order valence-corrected chi connectivity index (χ2v) is 3.73. The summed E-state index contributed by atoms with van der Waals surface area (Å²) in [4.78, 5) is 1.15. The zero-order chi connectivity index (χ0) is 9.10. The van der Waals surface area contributed by atoms with Gasteiger partial charge in [0.1, 0.15) is 11.8 Å². The van der Waals surface area contributed by atoms with Gasteiger partial charge in [0, 0.05) is 11.3 Å². The molecule has 2 rings (SSSR count). The molecule has 0 amide bonds. The van der Waals surface area contributed by atoms with Gasteiger partial charge in [-0.15, -0.1) is 11.3 Å². The predicted molar refractivity (Wildman–Crippen MR) is 49.4 cm³/mol. The molecule has 0 fully saturated rings. The van der Waals surface area contributed by atoms with E-state index in [1.54, 1.807) is 11.3 Å². The summed E-state index contributed by atoms with van der Waals surface area (Å²) in [6, 6.07) is 3.96. The molecule has 0 bridgehead atoms. The number of nitrogens with one attached hydrogen (secondary N) is 1. The predicted octanol–water partition coefficient (Wildman–Crippen LogP) is 1.14. The molecule has 13 heavy (non-hydrogen) atoms. The highest BCUT2D eigenvalue weighted by Crippen LogP contribution is 2.18. The Bertz CT molecular complexity index is 343. The number of aliphatic hydroxyl groups is 1. The molecule has 0 spiro atoms. The number of hydrogen-bond donors (Lipinski definition) is 2. The van der Waals surface area contributed by atoms with Crippen molar-refractivity contribution in [2.45, 2.75) is 12.5 Å². The van der Waals surface area contributed by atoms with Gasteiger partial charge in [-0.25, -0.2) is 0 Å². The van der Waals surface area contributed by atoms with E-state index in [1.807, 2.05) is 17.5 Å². The van der Waals surface area contributed by atoms with Gasteiger partial charge in [-0.05, 0) is 11.4 Å². The molecule has 0 saturated carbocycles. The van der Waals surface area contributed by atoms with Crippen molar-refractivity contribution in [3.63, 3.8) is 0 Å². The van der Waals surface area contributed by atoms with Crippen LogP contribution in [0.25, 0.3) is 0 Å².